The molecule has 1 rings (SSSR count). The van der Waals surface area contributed by atoms with Crippen LogP contribution in [0, 0.1) is 17.2 Å². The minimum Gasteiger partial charge on any atom is -0.391 e. The van der Waals surface area contributed by atoms with Crippen LogP contribution in [0.25, 0.3) is 0 Å². The van der Waals surface area contributed by atoms with Crippen molar-refractivity contribution >= 4 is 17.4 Å². The summed E-state index contributed by atoms with van der Waals surface area (Å²) in [6.45, 7) is 4.50. The van der Waals surface area contributed by atoms with Gasteiger partial charge in [0.05, 0.1) is 17.7 Å². The van der Waals surface area contributed by atoms with E-state index in [-0.39, 0.29) is 5.15 Å². The SMILES string of the molecule is CC(C)CC(O)CNc1cc(C#N)cc(Cl)n1. The fourth-order valence-corrected chi connectivity index (χ4v) is 1.71. The molecule has 0 bridgehead atoms. The van der Waals surface area contributed by atoms with Crippen LogP contribution in [-0.4, -0.2) is 22.7 Å². The number of hydrogen-bond acceptors (Lipinski definition) is 4. The van der Waals surface area contributed by atoms with Gasteiger partial charge >= 0.3 is 0 Å². The molecule has 1 atom stereocenters. The molecular formula is C12H16ClN3O. The summed E-state index contributed by atoms with van der Waals surface area (Å²) >= 11 is 5.76. The molecule has 17 heavy (non-hydrogen) atoms. The van der Waals surface area contributed by atoms with Crippen LogP contribution in [-0.2, 0) is 0 Å². The summed E-state index contributed by atoms with van der Waals surface area (Å²) in [5.41, 5.74) is 0.450. The zero-order chi connectivity index (χ0) is 12.8. The Kier molecular flexibility index (Phi) is 5.20. The highest BCUT2D eigenvalue weighted by atomic mass is 35.5. The van der Waals surface area contributed by atoms with Gasteiger partial charge in [0, 0.05) is 6.54 Å². The number of halogens is 1. The number of hydrogen-bond donors (Lipinski definition) is 2. The molecule has 1 unspecified atom stereocenters. The topological polar surface area (TPSA) is 68.9 Å². The molecule has 1 aromatic rings. The van der Waals surface area contributed by atoms with Crippen molar-refractivity contribution in [3.63, 3.8) is 0 Å². The van der Waals surface area contributed by atoms with Crippen LogP contribution in [0.4, 0.5) is 5.82 Å². The van der Waals surface area contributed by atoms with E-state index in [9.17, 15) is 5.11 Å². The highest BCUT2D eigenvalue weighted by molar-refractivity contribution is 6.29. The van der Waals surface area contributed by atoms with Crippen LogP contribution < -0.4 is 5.32 Å². The van der Waals surface area contributed by atoms with Crippen molar-refractivity contribution < 1.29 is 5.11 Å². The number of nitriles is 1. The molecule has 2 N–H and O–H groups in total. The molecule has 0 aliphatic carbocycles. The van der Waals surface area contributed by atoms with Crippen LogP contribution in [0.2, 0.25) is 5.15 Å². The second-order valence-corrected chi connectivity index (χ2v) is 4.73. The second kappa shape index (κ2) is 6.43. The molecule has 0 amide bonds. The van der Waals surface area contributed by atoms with Gasteiger partial charge in [0.1, 0.15) is 11.0 Å². The summed E-state index contributed by atoms with van der Waals surface area (Å²) in [6, 6.07) is 5.10. The van der Waals surface area contributed by atoms with Gasteiger partial charge in [0.15, 0.2) is 0 Å². The minimum atomic E-state index is -0.429. The largest absolute Gasteiger partial charge is 0.391 e. The minimum absolute atomic E-state index is 0.268. The number of rotatable bonds is 5. The Bertz CT molecular complexity index is 415. The van der Waals surface area contributed by atoms with Crippen molar-refractivity contribution in [1.82, 2.24) is 4.98 Å². The number of aliphatic hydroxyl groups excluding tert-OH is 1. The molecule has 0 saturated carbocycles. The van der Waals surface area contributed by atoms with E-state index in [1.807, 2.05) is 6.07 Å². The van der Waals surface area contributed by atoms with E-state index in [1.165, 1.54) is 6.07 Å². The first-order valence-corrected chi connectivity index (χ1v) is 5.88. The number of aromatic nitrogens is 1. The molecule has 5 heteroatoms. The van der Waals surface area contributed by atoms with E-state index in [2.05, 4.69) is 24.1 Å². The predicted octanol–water partition coefficient (Wildman–Crippen LogP) is 2.43. The molecule has 1 aromatic heterocycles. The molecule has 0 aliphatic rings. The summed E-state index contributed by atoms with van der Waals surface area (Å²) in [6.07, 6.45) is 0.292. The third kappa shape index (κ3) is 5.03. The molecule has 1 heterocycles. The Balaban J connectivity index is 2.57. The summed E-state index contributed by atoms with van der Waals surface area (Å²) < 4.78 is 0. The molecule has 0 radical (unpaired) electrons. The van der Waals surface area contributed by atoms with Crippen LogP contribution >= 0.6 is 11.6 Å². The van der Waals surface area contributed by atoms with Crippen molar-refractivity contribution in [3.8, 4) is 6.07 Å². The Morgan fingerprint density at radius 2 is 2.24 bits per heavy atom. The summed E-state index contributed by atoms with van der Waals surface area (Å²) in [7, 11) is 0. The van der Waals surface area contributed by atoms with Crippen molar-refractivity contribution in [3.05, 3.63) is 22.8 Å². The lowest BCUT2D eigenvalue weighted by molar-refractivity contribution is 0.161. The number of pyridine rings is 1. The first kappa shape index (κ1) is 13.8. The van der Waals surface area contributed by atoms with E-state index in [0.717, 1.165) is 6.42 Å². The van der Waals surface area contributed by atoms with Gasteiger partial charge in [-0.2, -0.15) is 5.26 Å². The molecule has 0 aliphatic heterocycles. The first-order chi connectivity index (χ1) is 8.01. The molecule has 0 spiro atoms. The van der Waals surface area contributed by atoms with Gasteiger partial charge in [0.2, 0.25) is 0 Å². The highest BCUT2D eigenvalue weighted by Gasteiger charge is 2.07. The molecule has 0 aromatic carbocycles. The summed E-state index contributed by atoms with van der Waals surface area (Å²) in [5.74, 6) is 0.950. The highest BCUT2D eigenvalue weighted by Crippen LogP contribution is 2.14. The van der Waals surface area contributed by atoms with Crippen molar-refractivity contribution in [1.29, 1.82) is 5.26 Å². The maximum Gasteiger partial charge on any atom is 0.132 e. The monoisotopic (exact) mass is 253 g/mol. The Morgan fingerprint density at radius 1 is 1.53 bits per heavy atom. The van der Waals surface area contributed by atoms with Gasteiger partial charge in [-0.15, -0.1) is 0 Å². The molecule has 0 saturated heterocycles. The molecule has 92 valence electrons. The first-order valence-electron chi connectivity index (χ1n) is 5.51. The number of anilines is 1. The third-order valence-corrected chi connectivity index (χ3v) is 2.38. The maximum absolute atomic E-state index is 9.69. The lowest BCUT2D eigenvalue weighted by Gasteiger charge is -2.14. The van der Waals surface area contributed by atoms with Crippen molar-refractivity contribution in [2.75, 3.05) is 11.9 Å². The standard InChI is InChI=1S/C12H16ClN3O/c1-8(2)3-10(17)7-15-12-5-9(6-14)4-11(13)16-12/h4-5,8,10,17H,3,7H2,1-2H3,(H,15,16). The van der Waals surface area contributed by atoms with Gasteiger partial charge < -0.3 is 10.4 Å². The third-order valence-electron chi connectivity index (χ3n) is 2.19. The fraction of sp³-hybridized carbons (Fsp3) is 0.500. The molecule has 0 fully saturated rings. The predicted molar refractivity (Wildman–Crippen MR) is 67.9 cm³/mol. The van der Waals surface area contributed by atoms with Gasteiger partial charge in [-0.25, -0.2) is 4.98 Å². The fourth-order valence-electron chi connectivity index (χ4n) is 1.50. The average molecular weight is 254 g/mol. The number of nitrogens with one attached hydrogen (secondary N) is 1. The summed E-state index contributed by atoms with van der Waals surface area (Å²) in [5, 5.41) is 21.7. The Hall–Kier alpha value is -1.31. The van der Waals surface area contributed by atoms with Gasteiger partial charge in [0.25, 0.3) is 0 Å². The van der Waals surface area contributed by atoms with E-state index < -0.39 is 6.10 Å². The van der Waals surface area contributed by atoms with E-state index in [1.54, 1.807) is 6.07 Å². The second-order valence-electron chi connectivity index (χ2n) is 4.34. The maximum atomic E-state index is 9.69. The lowest BCUT2D eigenvalue weighted by Crippen LogP contribution is -2.21. The Labute approximate surface area is 106 Å². The summed E-state index contributed by atoms with van der Waals surface area (Å²) in [4.78, 5) is 4.03. The molecular weight excluding hydrogens is 238 g/mol. The van der Waals surface area contributed by atoms with Gasteiger partial charge in [-0.3, -0.25) is 0 Å². The van der Waals surface area contributed by atoms with E-state index >= 15 is 0 Å². The quantitative estimate of drug-likeness (QED) is 0.791. The van der Waals surface area contributed by atoms with E-state index in [0.29, 0.717) is 23.8 Å². The van der Waals surface area contributed by atoms with E-state index in [4.69, 9.17) is 16.9 Å². The average Bonchev–Trinajstić information content (AvgIpc) is 2.24. The van der Waals surface area contributed by atoms with Crippen LogP contribution in [0.5, 0.6) is 0 Å². The van der Waals surface area contributed by atoms with Crippen LogP contribution in [0.1, 0.15) is 25.8 Å². The van der Waals surface area contributed by atoms with Gasteiger partial charge in [-0.05, 0) is 24.5 Å². The zero-order valence-electron chi connectivity index (χ0n) is 9.94. The van der Waals surface area contributed by atoms with Crippen LogP contribution in [0.15, 0.2) is 12.1 Å². The normalized spacial score (nSPS) is 12.2. The van der Waals surface area contributed by atoms with Crippen molar-refractivity contribution in [2.24, 2.45) is 5.92 Å². The number of aliphatic hydroxyl groups is 1. The lowest BCUT2D eigenvalue weighted by atomic mass is 10.1. The Morgan fingerprint density at radius 3 is 2.82 bits per heavy atom. The van der Waals surface area contributed by atoms with Crippen LogP contribution in [0.3, 0.4) is 0 Å². The molecule has 4 nitrogen and oxygen atoms in total. The van der Waals surface area contributed by atoms with Crippen molar-refractivity contribution in [2.45, 2.75) is 26.4 Å². The van der Waals surface area contributed by atoms with Gasteiger partial charge in [-0.1, -0.05) is 25.4 Å². The smallest absolute Gasteiger partial charge is 0.132 e. The number of nitrogens with zero attached hydrogens (tertiary/aromatic N) is 2. The zero-order valence-corrected chi connectivity index (χ0v) is 10.7.